The molecule has 1 aliphatic heterocycles. The molecule has 0 radical (unpaired) electrons. The molecule has 0 aromatic heterocycles. The van der Waals surface area contributed by atoms with Crippen LogP contribution in [0, 0.1) is 0 Å². The van der Waals surface area contributed by atoms with Gasteiger partial charge in [0, 0.05) is 12.8 Å². The molecular weight excluding hydrogens is 319 g/mol. The van der Waals surface area contributed by atoms with Crippen LogP contribution in [0.4, 0.5) is 0 Å². The molecule has 0 spiro atoms. The summed E-state index contributed by atoms with van der Waals surface area (Å²) in [4.78, 5) is 22.4. The molecule has 0 unspecified atom stereocenters. The third-order valence-electron chi connectivity index (χ3n) is 5.13. The van der Waals surface area contributed by atoms with Crippen LogP contribution in [0.2, 0.25) is 0 Å². The summed E-state index contributed by atoms with van der Waals surface area (Å²) in [6.45, 7) is 9.52. The quantitative estimate of drug-likeness (QED) is 0.768. The summed E-state index contributed by atoms with van der Waals surface area (Å²) >= 11 is 0. The number of carboxylic acid groups (broad SMARTS) is 1. The molecule has 1 heterocycles. The minimum Gasteiger partial charge on any atom is -0.481 e. The molecule has 1 aromatic carbocycles. The maximum Gasteiger partial charge on any atom is 0.495 e. The largest absolute Gasteiger partial charge is 0.495 e. The Hall–Kier alpha value is -1.66. The van der Waals surface area contributed by atoms with Crippen molar-refractivity contribution in [2.45, 2.75) is 71.5 Å². The lowest BCUT2D eigenvalue weighted by atomic mass is 9.71. The van der Waals surface area contributed by atoms with Crippen LogP contribution in [0.25, 0.3) is 0 Å². The highest BCUT2D eigenvalue weighted by Crippen LogP contribution is 2.37. The van der Waals surface area contributed by atoms with Crippen molar-refractivity contribution in [1.82, 2.24) is 0 Å². The first-order chi connectivity index (χ1) is 11.5. The van der Waals surface area contributed by atoms with Gasteiger partial charge < -0.3 is 19.2 Å². The smallest absolute Gasteiger partial charge is 0.481 e. The van der Waals surface area contributed by atoms with E-state index in [4.69, 9.17) is 14.4 Å². The zero-order valence-corrected chi connectivity index (χ0v) is 15.7. The van der Waals surface area contributed by atoms with Gasteiger partial charge in [-0.15, -0.1) is 0 Å². The Morgan fingerprint density at radius 2 is 1.48 bits per heavy atom. The van der Waals surface area contributed by atoms with Crippen LogP contribution < -0.4 is 5.46 Å². The highest BCUT2D eigenvalue weighted by atomic mass is 16.7. The fraction of sp³-hybridized carbons (Fsp3) is 0.579. The van der Waals surface area contributed by atoms with Crippen LogP contribution in [0.15, 0.2) is 18.2 Å². The van der Waals surface area contributed by atoms with E-state index in [2.05, 4.69) is 0 Å². The predicted molar refractivity (Wildman–Crippen MR) is 97.1 cm³/mol. The van der Waals surface area contributed by atoms with Gasteiger partial charge in [0.15, 0.2) is 0 Å². The average molecular weight is 346 g/mol. The molecule has 1 aliphatic rings. The zero-order valence-electron chi connectivity index (χ0n) is 15.7. The second-order valence-corrected chi connectivity index (χ2v) is 7.67. The molecule has 0 bridgehead atoms. The maximum atomic E-state index is 11.4. The molecule has 1 aromatic rings. The van der Waals surface area contributed by atoms with Gasteiger partial charge in [-0.3, -0.25) is 4.79 Å². The Balaban J connectivity index is 2.40. The third kappa shape index (κ3) is 4.50. The van der Waals surface area contributed by atoms with E-state index in [1.165, 1.54) is 0 Å². The number of aliphatic carboxylic acids is 1. The van der Waals surface area contributed by atoms with Crippen molar-refractivity contribution in [2.24, 2.45) is 0 Å². The number of carbonyl (C=O) groups excluding carboxylic acids is 1. The SMILES string of the molecule is CC(=O)CCc1cccc(CCC(=O)O)c1B1OC(C)(C)C(C)(C)O1. The summed E-state index contributed by atoms with van der Waals surface area (Å²) in [5.74, 6) is -0.718. The topological polar surface area (TPSA) is 72.8 Å². The molecule has 1 N–H and O–H groups in total. The van der Waals surface area contributed by atoms with Crippen LogP contribution in [0.1, 0.15) is 58.6 Å². The van der Waals surface area contributed by atoms with Crippen molar-refractivity contribution in [1.29, 1.82) is 0 Å². The van der Waals surface area contributed by atoms with Gasteiger partial charge >= 0.3 is 13.1 Å². The van der Waals surface area contributed by atoms with Gasteiger partial charge in [0.05, 0.1) is 11.2 Å². The number of carboxylic acids is 1. The number of rotatable bonds is 7. The second kappa shape index (κ2) is 7.30. The summed E-state index contributed by atoms with van der Waals surface area (Å²) in [5.41, 5.74) is 1.81. The van der Waals surface area contributed by atoms with Crippen molar-refractivity contribution >= 4 is 24.3 Å². The van der Waals surface area contributed by atoms with Gasteiger partial charge in [-0.1, -0.05) is 18.2 Å². The highest BCUT2D eigenvalue weighted by Gasteiger charge is 2.52. The molecule has 0 saturated carbocycles. The van der Waals surface area contributed by atoms with Gasteiger partial charge in [0.2, 0.25) is 0 Å². The number of Topliss-reactive ketones (excluding diaryl/α,β-unsaturated/α-hetero) is 1. The third-order valence-corrected chi connectivity index (χ3v) is 5.13. The molecule has 136 valence electrons. The van der Waals surface area contributed by atoms with Gasteiger partial charge in [0.1, 0.15) is 5.78 Å². The lowest BCUT2D eigenvalue weighted by Crippen LogP contribution is -2.41. The number of benzene rings is 1. The van der Waals surface area contributed by atoms with Gasteiger partial charge in [0.25, 0.3) is 0 Å². The Bertz CT molecular complexity index is 614. The standard InChI is InChI=1S/C19H27BO5/c1-13(21)9-10-14-7-6-8-15(11-12-16(22)23)17(14)20-24-18(2,3)19(4,5)25-20/h6-8H,9-12H2,1-5H3,(H,22,23). The second-order valence-electron chi connectivity index (χ2n) is 7.67. The molecule has 0 aliphatic carbocycles. The van der Waals surface area contributed by atoms with E-state index in [1.807, 2.05) is 45.9 Å². The first kappa shape index (κ1) is 19.7. The number of carbonyl (C=O) groups is 2. The molecule has 6 heteroatoms. The van der Waals surface area contributed by atoms with Crippen LogP contribution in [0.5, 0.6) is 0 Å². The summed E-state index contributed by atoms with van der Waals surface area (Å²) in [7, 11) is -0.558. The van der Waals surface area contributed by atoms with Crippen molar-refractivity contribution in [3.8, 4) is 0 Å². The molecule has 5 nitrogen and oxygen atoms in total. The Morgan fingerprint density at radius 1 is 1.00 bits per heavy atom. The molecule has 0 atom stereocenters. The monoisotopic (exact) mass is 346 g/mol. The van der Waals surface area contributed by atoms with Crippen molar-refractivity contribution in [2.75, 3.05) is 0 Å². The summed E-state index contributed by atoms with van der Waals surface area (Å²) in [6.07, 6.45) is 1.48. The fourth-order valence-corrected chi connectivity index (χ4v) is 2.92. The van der Waals surface area contributed by atoms with Crippen LogP contribution in [-0.2, 0) is 31.7 Å². The van der Waals surface area contributed by atoms with Gasteiger partial charge in [-0.2, -0.15) is 0 Å². The van der Waals surface area contributed by atoms with Crippen LogP contribution >= 0.6 is 0 Å². The minimum atomic E-state index is -0.839. The Labute approximate surface area is 149 Å². The molecule has 2 rings (SSSR count). The van der Waals surface area contributed by atoms with Gasteiger partial charge in [-0.25, -0.2) is 0 Å². The summed E-state index contributed by atoms with van der Waals surface area (Å²) < 4.78 is 12.4. The summed E-state index contributed by atoms with van der Waals surface area (Å²) in [5, 5.41) is 9.04. The lowest BCUT2D eigenvalue weighted by molar-refractivity contribution is -0.137. The van der Waals surface area contributed by atoms with E-state index >= 15 is 0 Å². The van der Waals surface area contributed by atoms with Crippen molar-refractivity contribution in [3.63, 3.8) is 0 Å². The van der Waals surface area contributed by atoms with Crippen molar-refractivity contribution in [3.05, 3.63) is 29.3 Å². The zero-order chi connectivity index (χ0) is 18.8. The number of aryl methyl sites for hydroxylation is 2. The summed E-state index contributed by atoms with van der Waals surface area (Å²) in [6, 6.07) is 5.79. The van der Waals surface area contributed by atoms with Crippen molar-refractivity contribution < 1.29 is 24.0 Å². The van der Waals surface area contributed by atoms with E-state index < -0.39 is 24.3 Å². The Kier molecular flexibility index (Phi) is 5.74. The van der Waals surface area contributed by atoms with E-state index in [1.54, 1.807) is 6.92 Å². The van der Waals surface area contributed by atoms with Crippen LogP contribution in [-0.4, -0.2) is 35.2 Å². The van der Waals surface area contributed by atoms with E-state index in [0.29, 0.717) is 19.3 Å². The first-order valence-electron chi connectivity index (χ1n) is 8.71. The number of hydrogen-bond acceptors (Lipinski definition) is 4. The van der Waals surface area contributed by atoms with E-state index in [9.17, 15) is 9.59 Å². The molecule has 1 fully saturated rings. The maximum absolute atomic E-state index is 11.4. The normalized spacial score (nSPS) is 18.4. The van der Waals surface area contributed by atoms with E-state index in [0.717, 1.165) is 16.6 Å². The Morgan fingerprint density at radius 3 is 1.92 bits per heavy atom. The molecule has 0 amide bonds. The molecular formula is C19H27BO5. The molecule has 25 heavy (non-hydrogen) atoms. The average Bonchev–Trinajstić information content (AvgIpc) is 2.70. The number of hydrogen-bond donors (Lipinski definition) is 1. The first-order valence-corrected chi connectivity index (χ1v) is 8.71. The van der Waals surface area contributed by atoms with Crippen LogP contribution in [0.3, 0.4) is 0 Å². The minimum absolute atomic E-state index is 0.0443. The van der Waals surface area contributed by atoms with E-state index in [-0.39, 0.29) is 12.2 Å². The fourth-order valence-electron chi connectivity index (χ4n) is 2.92. The lowest BCUT2D eigenvalue weighted by Gasteiger charge is -2.32. The van der Waals surface area contributed by atoms with Gasteiger partial charge in [-0.05, 0) is 64.1 Å². The predicted octanol–water partition coefficient (Wildman–Crippen LogP) is 2.52. The number of ketones is 1. The highest BCUT2D eigenvalue weighted by molar-refractivity contribution is 6.63. The molecule has 1 saturated heterocycles.